The summed E-state index contributed by atoms with van der Waals surface area (Å²) in [6.45, 7) is 3.81. The molecule has 140 valence electrons. The maximum atomic E-state index is 12.8. The smallest absolute Gasteiger partial charge is 0.246 e. The Morgan fingerprint density at radius 3 is 2.31 bits per heavy atom. The maximum Gasteiger partial charge on any atom is 0.246 e. The molecule has 0 aliphatic rings. The predicted octanol–water partition coefficient (Wildman–Crippen LogP) is 3.46. The molecule has 0 saturated heterocycles. The number of anilines is 1. The van der Waals surface area contributed by atoms with Crippen molar-refractivity contribution in [3.8, 4) is 0 Å². The number of aryl methyl sites for hydroxylation is 1. The van der Waals surface area contributed by atoms with E-state index in [1.165, 1.54) is 4.90 Å². The Labute approximate surface area is 160 Å². The normalized spacial score (nSPS) is 12.5. The molecule has 0 N–H and O–H groups in total. The van der Waals surface area contributed by atoms with Gasteiger partial charge in [0.05, 0.1) is 11.9 Å². The third kappa shape index (κ3) is 4.77. The molecule has 7 heteroatoms. The summed E-state index contributed by atoms with van der Waals surface area (Å²) in [6, 6.07) is 13.6. The molecule has 0 saturated carbocycles. The summed E-state index contributed by atoms with van der Waals surface area (Å²) < 4.78 is 25.8. The second-order valence-electron chi connectivity index (χ2n) is 6.35. The lowest BCUT2D eigenvalue weighted by Crippen LogP contribution is -2.48. The van der Waals surface area contributed by atoms with E-state index in [4.69, 9.17) is 11.6 Å². The number of hydrogen-bond donors (Lipinski definition) is 0. The number of sulfonamides is 1. The van der Waals surface area contributed by atoms with E-state index < -0.39 is 16.1 Å². The van der Waals surface area contributed by atoms with Crippen molar-refractivity contribution in [1.82, 2.24) is 4.90 Å². The number of amides is 1. The van der Waals surface area contributed by atoms with Gasteiger partial charge >= 0.3 is 0 Å². The highest BCUT2D eigenvalue weighted by Crippen LogP contribution is 2.27. The van der Waals surface area contributed by atoms with Gasteiger partial charge in [-0.15, -0.1) is 0 Å². The van der Waals surface area contributed by atoms with Crippen LogP contribution in [0, 0.1) is 6.92 Å². The van der Waals surface area contributed by atoms with Crippen molar-refractivity contribution in [2.24, 2.45) is 0 Å². The average molecular weight is 395 g/mol. The van der Waals surface area contributed by atoms with E-state index in [1.54, 1.807) is 32.2 Å². The first kappa shape index (κ1) is 20.3. The highest BCUT2D eigenvalue weighted by atomic mass is 35.5. The van der Waals surface area contributed by atoms with Gasteiger partial charge in [0.15, 0.2) is 0 Å². The quantitative estimate of drug-likeness (QED) is 0.753. The zero-order valence-electron chi connectivity index (χ0n) is 15.3. The summed E-state index contributed by atoms with van der Waals surface area (Å²) in [5.74, 6) is -0.295. The Hall–Kier alpha value is -2.05. The zero-order valence-corrected chi connectivity index (χ0v) is 16.9. The van der Waals surface area contributed by atoms with Crippen LogP contribution in [0.4, 0.5) is 5.69 Å². The van der Waals surface area contributed by atoms with Crippen LogP contribution >= 0.6 is 11.6 Å². The van der Waals surface area contributed by atoms with Crippen LogP contribution in [0.15, 0.2) is 48.5 Å². The first-order valence-corrected chi connectivity index (χ1v) is 10.4. The predicted molar refractivity (Wildman–Crippen MR) is 106 cm³/mol. The molecule has 1 amide bonds. The van der Waals surface area contributed by atoms with Gasteiger partial charge in [-0.05, 0) is 37.1 Å². The molecule has 0 aromatic heterocycles. The lowest BCUT2D eigenvalue weighted by Gasteiger charge is -2.31. The van der Waals surface area contributed by atoms with Crippen molar-refractivity contribution in [1.29, 1.82) is 0 Å². The summed E-state index contributed by atoms with van der Waals surface area (Å²) in [5, 5.41) is 0.452. The third-order valence-electron chi connectivity index (χ3n) is 4.12. The summed E-state index contributed by atoms with van der Waals surface area (Å²) in [5.41, 5.74) is 2.18. The van der Waals surface area contributed by atoms with E-state index in [1.807, 2.05) is 37.3 Å². The lowest BCUT2D eigenvalue weighted by molar-refractivity contribution is -0.131. The number of carbonyl (C=O) groups excluding carboxylic acids is 1. The Bertz CT molecular complexity index is 885. The summed E-state index contributed by atoms with van der Waals surface area (Å²) >= 11 is 6.15. The van der Waals surface area contributed by atoms with E-state index in [-0.39, 0.29) is 5.91 Å². The van der Waals surface area contributed by atoms with Crippen LogP contribution in [0.2, 0.25) is 5.02 Å². The van der Waals surface area contributed by atoms with Gasteiger partial charge < -0.3 is 4.90 Å². The topological polar surface area (TPSA) is 57.7 Å². The number of likely N-dealkylation sites (N-methyl/N-ethyl adjacent to an activating group) is 1. The molecule has 26 heavy (non-hydrogen) atoms. The minimum Gasteiger partial charge on any atom is -0.340 e. The number of carbonyl (C=O) groups is 1. The largest absolute Gasteiger partial charge is 0.340 e. The van der Waals surface area contributed by atoms with E-state index in [9.17, 15) is 13.2 Å². The Morgan fingerprint density at radius 1 is 1.15 bits per heavy atom. The van der Waals surface area contributed by atoms with Crippen LogP contribution < -0.4 is 4.31 Å². The van der Waals surface area contributed by atoms with Crippen LogP contribution in [0.3, 0.4) is 0 Å². The molecule has 5 nitrogen and oxygen atoms in total. The molecule has 0 aliphatic carbocycles. The lowest BCUT2D eigenvalue weighted by atomic mass is 10.2. The zero-order chi connectivity index (χ0) is 19.5. The van der Waals surface area contributed by atoms with Crippen molar-refractivity contribution in [3.63, 3.8) is 0 Å². The molecule has 0 radical (unpaired) electrons. The van der Waals surface area contributed by atoms with Crippen molar-refractivity contribution < 1.29 is 13.2 Å². The molecule has 0 heterocycles. The average Bonchev–Trinajstić information content (AvgIpc) is 2.57. The van der Waals surface area contributed by atoms with Crippen LogP contribution in [0.5, 0.6) is 0 Å². The highest BCUT2D eigenvalue weighted by Gasteiger charge is 2.31. The molecule has 0 bridgehead atoms. The molecule has 0 unspecified atom stereocenters. The molecular formula is C19H23ClN2O3S. The summed E-state index contributed by atoms with van der Waals surface area (Å²) in [4.78, 5) is 14.4. The second kappa shape index (κ2) is 8.10. The fourth-order valence-electron chi connectivity index (χ4n) is 2.78. The van der Waals surface area contributed by atoms with Crippen LogP contribution in [-0.2, 0) is 21.4 Å². The molecule has 0 fully saturated rings. The molecule has 0 aliphatic heterocycles. The fourth-order valence-corrected chi connectivity index (χ4v) is 4.11. The molecule has 2 rings (SSSR count). The van der Waals surface area contributed by atoms with Gasteiger partial charge in [0, 0.05) is 18.6 Å². The van der Waals surface area contributed by atoms with E-state index in [0.29, 0.717) is 17.3 Å². The van der Waals surface area contributed by atoms with Gasteiger partial charge in [0.25, 0.3) is 0 Å². The van der Waals surface area contributed by atoms with Crippen LogP contribution in [0.25, 0.3) is 0 Å². The third-order valence-corrected chi connectivity index (χ3v) is 5.76. The van der Waals surface area contributed by atoms with Gasteiger partial charge in [-0.3, -0.25) is 9.10 Å². The van der Waals surface area contributed by atoms with Gasteiger partial charge in [-0.25, -0.2) is 8.42 Å². The van der Waals surface area contributed by atoms with Crippen LogP contribution in [-0.4, -0.2) is 38.6 Å². The van der Waals surface area contributed by atoms with E-state index >= 15 is 0 Å². The Kier molecular flexibility index (Phi) is 6.31. The highest BCUT2D eigenvalue weighted by molar-refractivity contribution is 7.92. The van der Waals surface area contributed by atoms with Gasteiger partial charge in [0.1, 0.15) is 6.04 Å². The minimum absolute atomic E-state index is 0.295. The van der Waals surface area contributed by atoms with Crippen LogP contribution in [0.1, 0.15) is 18.1 Å². The monoisotopic (exact) mass is 394 g/mol. The number of nitrogens with zero attached hydrogens (tertiary/aromatic N) is 2. The Morgan fingerprint density at radius 2 is 1.77 bits per heavy atom. The number of benzene rings is 2. The van der Waals surface area contributed by atoms with E-state index in [2.05, 4.69) is 0 Å². The first-order valence-electron chi connectivity index (χ1n) is 8.15. The van der Waals surface area contributed by atoms with Gasteiger partial charge in [0.2, 0.25) is 15.9 Å². The minimum atomic E-state index is -3.67. The van der Waals surface area contributed by atoms with E-state index in [0.717, 1.165) is 21.7 Å². The molecule has 2 aromatic carbocycles. The number of rotatable bonds is 6. The van der Waals surface area contributed by atoms with Gasteiger partial charge in [-0.1, -0.05) is 48.0 Å². The van der Waals surface area contributed by atoms with Crippen molar-refractivity contribution in [2.45, 2.75) is 26.4 Å². The SMILES string of the molecule is Cc1ccc(N([C@H](C)C(=O)N(C)Cc2ccccc2)S(C)(=O)=O)cc1Cl. The molecular weight excluding hydrogens is 372 g/mol. The fraction of sp³-hybridized carbons (Fsp3) is 0.316. The first-order chi connectivity index (χ1) is 12.1. The molecule has 2 aromatic rings. The van der Waals surface area contributed by atoms with Gasteiger partial charge in [-0.2, -0.15) is 0 Å². The number of hydrogen-bond acceptors (Lipinski definition) is 3. The van der Waals surface area contributed by atoms with Crippen molar-refractivity contribution >= 4 is 33.2 Å². The Balaban J connectivity index is 2.30. The number of halogens is 1. The molecule has 0 spiro atoms. The summed E-state index contributed by atoms with van der Waals surface area (Å²) in [6.07, 6.45) is 1.09. The van der Waals surface area contributed by atoms with Crippen molar-refractivity contribution in [3.05, 3.63) is 64.7 Å². The second-order valence-corrected chi connectivity index (χ2v) is 8.61. The van der Waals surface area contributed by atoms with Crippen molar-refractivity contribution in [2.75, 3.05) is 17.6 Å². The summed E-state index contributed by atoms with van der Waals surface area (Å²) in [7, 11) is -2.01. The standard InChI is InChI=1S/C19H23ClN2O3S/c1-14-10-11-17(12-18(14)20)22(26(4,24)25)15(2)19(23)21(3)13-16-8-6-5-7-9-16/h5-12,15H,13H2,1-4H3/t15-/m1/s1. The maximum absolute atomic E-state index is 12.8. The molecule has 1 atom stereocenters.